The molecular formula is C23H19ClN2O6S. The van der Waals surface area contributed by atoms with Crippen molar-refractivity contribution < 1.29 is 28.6 Å². The Morgan fingerprint density at radius 1 is 1.06 bits per heavy atom. The van der Waals surface area contributed by atoms with Crippen LogP contribution in [0.25, 0.3) is 0 Å². The number of rotatable bonds is 6. The second-order valence-corrected chi connectivity index (χ2v) is 8.42. The van der Waals surface area contributed by atoms with Gasteiger partial charge in [0.15, 0.2) is 11.5 Å². The number of fused-ring (bicyclic) bond motifs is 1. The summed E-state index contributed by atoms with van der Waals surface area (Å²) in [5.74, 6) is -0.534. The average Bonchev–Trinajstić information content (AvgIpc) is 3.37. The van der Waals surface area contributed by atoms with Gasteiger partial charge in [-0.3, -0.25) is 9.59 Å². The molecule has 8 nitrogen and oxygen atoms in total. The van der Waals surface area contributed by atoms with Crippen LogP contribution in [-0.2, 0) is 4.74 Å². The van der Waals surface area contributed by atoms with Gasteiger partial charge in [0.2, 0.25) is 6.79 Å². The lowest BCUT2D eigenvalue weighted by Crippen LogP contribution is -2.15. The minimum Gasteiger partial charge on any atom is -0.462 e. The molecule has 33 heavy (non-hydrogen) atoms. The van der Waals surface area contributed by atoms with Gasteiger partial charge < -0.3 is 24.8 Å². The van der Waals surface area contributed by atoms with Crippen LogP contribution in [0.4, 0.5) is 10.7 Å². The Kier molecular flexibility index (Phi) is 6.52. The van der Waals surface area contributed by atoms with Gasteiger partial charge in [-0.2, -0.15) is 0 Å². The number of carbonyl (C=O) groups excluding carboxylic acids is 3. The number of hydrogen-bond acceptors (Lipinski definition) is 7. The summed E-state index contributed by atoms with van der Waals surface area (Å²) in [6.45, 7) is 3.54. The van der Waals surface area contributed by atoms with Crippen molar-refractivity contribution in [1.82, 2.24) is 0 Å². The molecule has 0 unspecified atom stereocenters. The first kappa shape index (κ1) is 22.6. The summed E-state index contributed by atoms with van der Waals surface area (Å²) in [7, 11) is 0. The normalized spacial score (nSPS) is 11.7. The van der Waals surface area contributed by atoms with Gasteiger partial charge in [0.05, 0.1) is 17.0 Å². The van der Waals surface area contributed by atoms with E-state index in [-0.39, 0.29) is 28.8 Å². The van der Waals surface area contributed by atoms with E-state index in [4.69, 9.17) is 25.8 Å². The molecule has 2 amide bonds. The molecule has 0 radical (unpaired) electrons. The number of nitrogens with one attached hydrogen (secondary N) is 2. The third kappa shape index (κ3) is 4.79. The van der Waals surface area contributed by atoms with Crippen molar-refractivity contribution in [2.75, 3.05) is 24.0 Å². The molecule has 0 atom stereocenters. The van der Waals surface area contributed by atoms with Crippen LogP contribution >= 0.6 is 22.9 Å². The highest BCUT2D eigenvalue weighted by Crippen LogP contribution is 2.36. The van der Waals surface area contributed by atoms with Crippen molar-refractivity contribution in [1.29, 1.82) is 0 Å². The summed E-state index contributed by atoms with van der Waals surface area (Å²) in [6.07, 6.45) is 0. The standard InChI is InChI=1S/C23H19ClN2O6S/c1-3-30-23(29)18-12(2)19(21(28)25-15-6-4-5-14(24)10-15)33-22(18)26-20(27)13-7-8-16-17(9-13)32-11-31-16/h4-10H,3,11H2,1-2H3,(H,25,28)(H,26,27). The van der Waals surface area contributed by atoms with E-state index in [1.165, 1.54) is 0 Å². The monoisotopic (exact) mass is 486 g/mol. The number of halogens is 1. The van der Waals surface area contributed by atoms with E-state index in [1.807, 2.05) is 0 Å². The van der Waals surface area contributed by atoms with Gasteiger partial charge in [-0.1, -0.05) is 17.7 Å². The lowest BCUT2D eigenvalue weighted by molar-refractivity contribution is 0.0527. The molecule has 0 bridgehead atoms. The Balaban J connectivity index is 1.64. The highest BCUT2D eigenvalue weighted by atomic mass is 35.5. The van der Waals surface area contributed by atoms with Crippen LogP contribution in [0.3, 0.4) is 0 Å². The highest BCUT2D eigenvalue weighted by Gasteiger charge is 2.27. The van der Waals surface area contributed by atoms with Gasteiger partial charge in [0.25, 0.3) is 11.8 Å². The Hall–Kier alpha value is -3.56. The molecule has 4 rings (SSSR count). The Bertz CT molecular complexity index is 1260. The van der Waals surface area contributed by atoms with E-state index >= 15 is 0 Å². The molecule has 0 saturated heterocycles. The second-order valence-electron chi connectivity index (χ2n) is 6.97. The molecule has 0 fully saturated rings. The van der Waals surface area contributed by atoms with Crippen LogP contribution in [0.2, 0.25) is 5.02 Å². The summed E-state index contributed by atoms with van der Waals surface area (Å²) in [6, 6.07) is 11.5. The van der Waals surface area contributed by atoms with Crippen molar-refractivity contribution in [2.24, 2.45) is 0 Å². The van der Waals surface area contributed by atoms with Gasteiger partial charge in [0.1, 0.15) is 5.00 Å². The van der Waals surface area contributed by atoms with Crippen molar-refractivity contribution in [3.05, 3.63) is 69.1 Å². The van der Waals surface area contributed by atoms with E-state index in [9.17, 15) is 14.4 Å². The molecular weight excluding hydrogens is 468 g/mol. The maximum atomic E-state index is 12.9. The summed E-state index contributed by atoms with van der Waals surface area (Å²) >= 11 is 6.97. The quantitative estimate of drug-likeness (QED) is 0.469. The average molecular weight is 487 g/mol. The Labute approximate surface area is 198 Å². The maximum absolute atomic E-state index is 12.9. The lowest BCUT2D eigenvalue weighted by atomic mass is 10.1. The van der Waals surface area contributed by atoms with Gasteiger partial charge >= 0.3 is 5.97 Å². The molecule has 2 heterocycles. The van der Waals surface area contributed by atoms with Gasteiger partial charge in [-0.15, -0.1) is 11.3 Å². The molecule has 1 aromatic heterocycles. The summed E-state index contributed by atoms with van der Waals surface area (Å²) in [4.78, 5) is 38.7. The lowest BCUT2D eigenvalue weighted by Gasteiger charge is -2.07. The first-order valence-electron chi connectivity index (χ1n) is 9.95. The second kappa shape index (κ2) is 9.51. The molecule has 1 aliphatic heterocycles. The Morgan fingerprint density at radius 2 is 1.85 bits per heavy atom. The van der Waals surface area contributed by atoms with E-state index in [0.29, 0.717) is 33.3 Å². The molecule has 0 spiro atoms. The minimum absolute atomic E-state index is 0.0859. The third-order valence-corrected chi connectivity index (χ3v) is 6.22. The van der Waals surface area contributed by atoms with Gasteiger partial charge in [-0.25, -0.2) is 4.79 Å². The van der Waals surface area contributed by atoms with Crippen LogP contribution in [0.5, 0.6) is 11.5 Å². The molecule has 170 valence electrons. The fourth-order valence-electron chi connectivity index (χ4n) is 3.23. The first-order valence-corrected chi connectivity index (χ1v) is 11.1. The highest BCUT2D eigenvalue weighted by molar-refractivity contribution is 7.19. The topological polar surface area (TPSA) is 103 Å². The minimum atomic E-state index is -0.631. The maximum Gasteiger partial charge on any atom is 0.341 e. The number of benzene rings is 2. The smallest absolute Gasteiger partial charge is 0.341 e. The molecule has 0 saturated carbocycles. The van der Waals surface area contributed by atoms with E-state index < -0.39 is 17.8 Å². The number of hydrogen-bond donors (Lipinski definition) is 2. The van der Waals surface area contributed by atoms with Crippen molar-refractivity contribution >= 4 is 51.4 Å². The van der Waals surface area contributed by atoms with Crippen LogP contribution in [0.15, 0.2) is 42.5 Å². The van der Waals surface area contributed by atoms with E-state index in [0.717, 1.165) is 11.3 Å². The van der Waals surface area contributed by atoms with Gasteiger partial charge in [-0.05, 0) is 55.8 Å². The van der Waals surface area contributed by atoms with Gasteiger partial charge in [0, 0.05) is 16.3 Å². The largest absolute Gasteiger partial charge is 0.462 e. The molecule has 10 heteroatoms. The summed E-state index contributed by atoms with van der Waals surface area (Å²) in [5.41, 5.74) is 1.35. The first-order chi connectivity index (χ1) is 15.9. The number of carbonyl (C=O) groups is 3. The number of amides is 2. The molecule has 0 aliphatic carbocycles. The molecule has 3 aromatic rings. The zero-order chi connectivity index (χ0) is 23.5. The third-order valence-electron chi connectivity index (χ3n) is 4.78. The number of anilines is 2. The van der Waals surface area contributed by atoms with Crippen LogP contribution in [0.1, 0.15) is 42.9 Å². The zero-order valence-corrected chi connectivity index (χ0v) is 19.3. The molecule has 1 aliphatic rings. The SMILES string of the molecule is CCOC(=O)c1c(NC(=O)c2ccc3c(c2)OCO3)sc(C(=O)Nc2cccc(Cl)c2)c1C. The van der Waals surface area contributed by atoms with Crippen LogP contribution in [-0.4, -0.2) is 31.2 Å². The summed E-state index contributed by atoms with van der Waals surface area (Å²) in [5, 5.41) is 6.17. The number of ether oxygens (including phenoxy) is 3. The fourth-order valence-corrected chi connectivity index (χ4v) is 4.51. The van der Waals surface area contributed by atoms with Crippen molar-refractivity contribution in [2.45, 2.75) is 13.8 Å². The van der Waals surface area contributed by atoms with Crippen LogP contribution in [0, 0.1) is 6.92 Å². The molecule has 2 N–H and O–H groups in total. The molecule has 2 aromatic carbocycles. The number of thiophene rings is 1. The Morgan fingerprint density at radius 3 is 2.61 bits per heavy atom. The van der Waals surface area contributed by atoms with E-state index in [2.05, 4.69) is 10.6 Å². The summed E-state index contributed by atoms with van der Waals surface area (Å²) < 4.78 is 15.7. The van der Waals surface area contributed by atoms with Crippen LogP contribution < -0.4 is 20.1 Å². The predicted octanol–water partition coefficient (Wildman–Crippen LogP) is 5.12. The fraction of sp³-hybridized carbons (Fsp3) is 0.174. The van der Waals surface area contributed by atoms with Crippen molar-refractivity contribution in [3.8, 4) is 11.5 Å². The van der Waals surface area contributed by atoms with E-state index in [1.54, 1.807) is 56.3 Å². The number of esters is 1. The van der Waals surface area contributed by atoms with Crippen molar-refractivity contribution in [3.63, 3.8) is 0 Å². The predicted molar refractivity (Wildman–Crippen MR) is 125 cm³/mol. The zero-order valence-electron chi connectivity index (χ0n) is 17.7.